The van der Waals surface area contributed by atoms with Gasteiger partial charge in [-0.25, -0.2) is 0 Å². The van der Waals surface area contributed by atoms with E-state index in [-0.39, 0.29) is 10.6 Å². The summed E-state index contributed by atoms with van der Waals surface area (Å²) in [6.45, 7) is 0. The van der Waals surface area contributed by atoms with Crippen LogP contribution in [0.25, 0.3) is 0 Å². The maximum atomic E-state index is 11.2. The first-order valence-electron chi connectivity index (χ1n) is 6.75. The van der Waals surface area contributed by atoms with Crippen molar-refractivity contribution in [3.63, 3.8) is 0 Å². The molecular formula is C17H14N2O2. The normalized spacial score (nSPS) is 17.0. The van der Waals surface area contributed by atoms with Gasteiger partial charge in [-0.3, -0.25) is 15.1 Å². The van der Waals surface area contributed by atoms with Gasteiger partial charge in [0.25, 0.3) is 5.70 Å². The maximum absolute atomic E-state index is 11.2. The van der Waals surface area contributed by atoms with Crippen molar-refractivity contribution < 1.29 is 4.92 Å². The Kier molecular flexibility index (Phi) is 3.60. The lowest BCUT2D eigenvalue weighted by Gasteiger charge is -2.10. The van der Waals surface area contributed by atoms with Crippen molar-refractivity contribution in [2.75, 3.05) is 0 Å². The van der Waals surface area contributed by atoms with Gasteiger partial charge in [-0.05, 0) is 35.3 Å². The van der Waals surface area contributed by atoms with Crippen LogP contribution in [0.4, 0.5) is 0 Å². The molecule has 0 atom stereocenters. The molecule has 2 bridgehead atoms. The molecule has 0 amide bonds. The molecule has 0 spiro atoms. The highest BCUT2D eigenvalue weighted by Crippen LogP contribution is 2.31. The minimum atomic E-state index is -0.311. The van der Waals surface area contributed by atoms with Crippen LogP contribution >= 0.6 is 0 Å². The Hall–Kier alpha value is -2.75. The fourth-order valence-corrected chi connectivity index (χ4v) is 2.53. The van der Waals surface area contributed by atoms with Crippen molar-refractivity contribution in [1.29, 1.82) is 0 Å². The lowest BCUT2D eigenvalue weighted by atomic mass is 9.95. The minimum absolute atomic E-state index is 0.178. The molecule has 0 aliphatic heterocycles. The van der Waals surface area contributed by atoms with Gasteiger partial charge in [-0.15, -0.1) is 0 Å². The van der Waals surface area contributed by atoms with Crippen LogP contribution in [0, 0.1) is 10.1 Å². The molecular weight excluding hydrogens is 264 g/mol. The summed E-state index contributed by atoms with van der Waals surface area (Å²) in [4.78, 5) is 14.9. The molecule has 1 aromatic heterocycles. The van der Waals surface area contributed by atoms with E-state index in [1.807, 2.05) is 42.5 Å². The van der Waals surface area contributed by atoms with Crippen molar-refractivity contribution in [1.82, 2.24) is 4.98 Å². The molecule has 4 heteroatoms. The fourth-order valence-electron chi connectivity index (χ4n) is 2.53. The van der Waals surface area contributed by atoms with E-state index >= 15 is 0 Å². The SMILES string of the molecule is O=[N+]([O-])C1=CC=C(Cc2ccncc2)C2=CC=CC=C1C2. The lowest BCUT2D eigenvalue weighted by Crippen LogP contribution is -2.02. The third-order valence-corrected chi connectivity index (χ3v) is 3.61. The van der Waals surface area contributed by atoms with Gasteiger partial charge in [0.15, 0.2) is 0 Å². The topological polar surface area (TPSA) is 56.0 Å². The summed E-state index contributed by atoms with van der Waals surface area (Å²) in [6, 6.07) is 3.93. The molecule has 1 heterocycles. The molecule has 2 aliphatic carbocycles. The van der Waals surface area contributed by atoms with Crippen molar-refractivity contribution in [2.45, 2.75) is 12.8 Å². The summed E-state index contributed by atoms with van der Waals surface area (Å²) in [5.41, 5.74) is 4.31. The van der Waals surface area contributed by atoms with Gasteiger partial charge in [0.1, 0.15) is 0 Å². The Balaban J connectivity index is 2.00. The van der Waals surface area contributed by atoms with Crippen LogP contribution in [0.5, 0.6) is 0 Å². The van der Waals surface area contributed by atoms with E-state index in [1.165, 1.54) is 0 Å². The van der Waals surface area contributed by atoms with E-state index in [9.17, 15) is 10.1 Å². The lowest BCUT2D eigenvalue weighted by molar-refractivity contribution is -0.420. The number of hydrogen-bond acceptors (Lipinski definition) is 3. The van der Waals surface area contributed by atoms with Gasteiger partial charge in [0, 0.05) is 30.5 Å². The van der Waals surface area contributed by atoms with Crippen molar-refractivity contribution in [2.24, 2.45) is 0 Å². The zero-order valence-corrected chi connectivity index (χ0v) is 11.4. The molecule has 0 aromatic carbocycles. The Bertz CT molecular complexity index is 722. The molecule has 0 saturated carbocycles. The van der Waals surface area contributed by atoms with Crippen molar-refractivity contribution >= 4 is 0 Å². The van der Waals surface area contributed by atoms with Gasteiger partial charge in [-0.2, -0.15) is 0 Å². The number of nitro groups is 1. The van der Waals surface area contributed by atoms with Crippen LogP contribution in [-0.2, 0) is 6.42 Å². The number of fused-ring (bicyclic) bond motifs is 2. The second-order valence-corrected chi connectivity index (χ2v) is 4.98. The van der Waals surface area contributed by atoms with E-state index in [1.54, 1.807) is 18.5 Å². The number of rotatable bonds is 3. The quantitative estimate of drug-likeness (QED) is 0.627. The van der Waals surface area contributed by atoms with Gasteiger partial charge in [0.2, 0.25) is 0 Å². The van der Waals surface area contributed by atoms with E-state index in [0.717, 1.165) is 28.7 Å². The summed E-state index contributed by atoms with van der Waals surface area (Å²) in [7, 11) is 0. The zero-order chi connectivity index (χ0) is 14.7. The Labute approximate surface area is 122 Å². The van der Waals surface area contributed by atoms with Crippen LogP contribution in [0.3, 0.4) is 0 Å². The maximum Gasteiger partial charge on any atom is 0.272 e. The third kappa shape index (κ3) is 2.89. The standard InChI is InChI=1S/C17H14N2O2/c20-19(21)17-6-5-15(11-13-7-9-18-10-8-13)14-3-1-2-4-16(17)12-14/h1-10H,11-12H2. The van der Waals surface area contributed by atoms with Gasteiger partial charge in [0.05, 0.1) is 4.92 Å². The van der Waals surface area contributed by atoms with Crippen molar-refractivity contribution in [3.05, 3.63) is 99.1 Å². The smallest absolute Gasteiger partial charge is 0.265 e. The highest BCUT2D eigenvalue weighted by atomic mass is 16.6. The molecule has 2 aliphatic rings. The van der Waals surface area contributed by atoms with Crippen LogP contribution in [0.2, 0.25) is 0 Å². The Morgan fingerprint density at radius 1 is 1.05 bits per heavy atom. The van der Waals surface area contributed by atoms with E-state index in [2.05, 4.69) is 4.98 Å². The van der Waals surface area contributed by atoms with Crippen LogP contribution in [0.1, 0.15) is 12.0 Å². The van der Waals surface area contributed by atoms with Crippen LogP contribution in [0.15, 0.2) is 83.4 Å². The molecule has 0 unspecified atom stereocenters. The molecule has 0 N–H and O–H groups in total. The monoisotopic (exact) mass is 278 g/mol. The number of pyridine rings is 1. The summed E-state index contributed by atoms with van der Waals surface area (Å²) in [5, 5.41) is 11.2. The molecule has 0 saturated heterocycles. The Morgan fingerprint density at radius 2 is 1.76 bits per heavy atom. The summed E-state index contributed by atoms with van der Waals surface area (Å²) in [5.74, 6) is 0. The van der Waals surface area contributed by atoms with Crippen LogP contribution in [-0.4, -0.2) is 9.91 Å². The highest BCUT2D eigenvalue weighted by molar-refractivity contribution is 5.51. The number of aromatic nitrogens is 1. The second-order valence-electron chi connectivity index (χ2n) is 4.98. The second kappa shape index (κ2) is 5.71. The molecule has 104 valence electrons. The zero-order valence-electron chi connectivity index (χ0n) is 11.4. The molecule has 3 rings (SSSR count). The summed E-state index contributed by atoms with van der Waals surface area (Å²) in [6.07, 6.45) is 16.0. The van der Waals surface area contributed by atoms with Gasteiger partial charge in [-0.1, -0.05) is 30.4 Å². The minimum Gasteiger partial charge on any atom is -0.265 e. The van der Waals surface area contributed by atoms with Gasteiger partial charge >= 0.3 is 0 Å². The number of nitrogens with zero attached hydrogens (tertiary/aromatic N) is 2. The molecule has 21 heavy (non-hydrogen) atoms. The fraction of sp³-hybridized carbons (Fsp3) is 0.118. The largest absolute Gasteiger partial charge is 0.272 e. The Morgan fingerprint density at radius 3 is 2.48 bits per heavy atom. The highest BCUT2D eigenvalue weighted by Gasteiger charge is 2.22. The molecule has 0 fully saturated rings. The number of allylic oxidation sites excluding steroid dienone is 9. The first kappa shape index (κ1) is 13.2. The van der Waals surface area contributed by atoms with Crippen molar-refractivity contribution in [3.8, 4) is 0 Å². The summed E-state index contributed by atoms with van der Waals surface area (Å²) < 4.78 is 0. The van der Waals surface area contributed by atoms with E-state index < -0.39 is 0 Å². The average Bonchev–Trinajstić information content (AvgIpc) is 2.82. The predicted octanol–water partition coefficient (Wildman–Crippen LogP) is 3.54. The first-order chi connectivity index (χ1) is 10.2. The average molecular weight is 278 g/mol. The third-order valence-electron chi connectivity index (χ3n) is 3.61. The molecule has 0 radical (unpaired) electrons. The summed E-state index contributed by atoms with van der Waals surface area (Å²) >= 11 is 0. The molecule has 4 nitrogen and oxygen atoms in total. The van der Waals surface area contributed by atoms with E-state index in [4.69, 9.17) is 0 Å². The van der Waals surface area contributed by atoms with Crippen LogP contribution < -0.4 is 0 Å². The van der Waals surface area contributed by atoms with E-state index in [0.29, 0.717) is 6.42 Å². The predicted molar refractivity (Wildman–Crippen MR) is 81.0 cm³/mol. The number of hydrogen-bond donors (Lipinski definition) is 0. The molecule has 1 aromatic rings. The van der Waals surface area contributed by atoms with Gasteiger partial charge < -0.3 is 0 Å². The first-order valence-corrected chi connectivity index (χ1v) is 6.75.